The van der Waals surface area contributed by atoms with Crippen molar-refractivity contribution in [3.63, 3.8) is 0 Å². The van der Waals surface area contributed by atoms with Crippen molar-refractivity contribution in [1.29, 1.82) is 0 Å². The third-order valence-corrected chi connectivity index (χ3v) is 5.61. The Balaban J connectivity index is 1.48. The molecule has 0 atom stereocenters. The van der Waals surface area contributed by atoms with E-state index in [1.54, 1.807) is 12.1 Å². The molecular weight excluding hydrogens is 366 g/mol. The van der Waals surface area contributed by atoms with Crippen molar-refractivity contribution >= 4 is 26.8 Å². The number of nitrogens with one attached hydrogen (secondary N) is 3. The van der Waals surface area contributed by atoms with Crippen LogP contribution < -0.4 is 14.8 Å². The smallest absolute Gasteiger partial charge is 0.240 e. The monoisotopic (exact) mass is 387 g/mol. The first-order valence-electron chi connectivity index (χ1n) is 8.45. The number of sulfonamides is 1. The molecule has 8 heteroatoms. The van der Waals surface area contributed by atoms with Gasteiger partial charge in [-0.3, -0.25) is 4.79 Å². The van der Waals surface area contributed by atoms with Gasteiger partial charge in [-0.1, -0.05) is 18.2 Å². The van der Waals surface area contributed by atoms with Crippen LogP contribution in [0, 0.1) is 0 Å². The largest absolute Gasteiger partial charge is 0.497 e. The molecule has 27 heavy (non-hydrogen) atoms. The van der Waals surface area contributed by atoms with Gasteiger partial charge in [0.15, 0.2) is 0 Å². The lowest BCUT2D eigenvalue weighted by molar-refractivity contribution is -0.120. The number of para-hydroxylation sites is 1. The summed E-state index contributed by atoms with van der Waals surface area (Å²) in [6.07, 6.45) is 2.05. The van der Waals surface area contributed by atoms with Crippen LogP contribution in [-0.4, -0.2) is 39.5 Å². The molecule has 0 saturated heterocycles. The predicted octanol–water partition coefficient (Wildman–Crippen LogP) is 1.81. The maximum absolute atomic E-state index is 12.2. The molecular formula is C19H21N3O4S. The fourth-order valence-corrected chi connectivity index (χ4v) is 3.77. The number of carbonyl (C=O) groups excluding carboxylic acids is 1. The van der Waals surface area contributed by atoms with E-state index in [1.165, 1.54) is 19.2 Å². The Morgan fingerprint density at radius 1 is 1.07 bits per heavy atom. The van der Waals surface area contributed by atoms with E-state index < -0.39 is 10.0 Å². The number of ether oxygens (including phenoxy) is 1. The van der Waals surface area contributed by atoms with Gasteiger partial charge in [-0.05, 0) is 35.9 Å². The molecule has 0 aliphatic rings. The lowest BCUT2D eigenvalue weighted by Crippen LogP contribution is -2.35. The van der Waals surface area contributed by atoms with Gasteiger partial charge in [0.2, 0.25) is 15.9 Å². The highest BCUT2D eigenvalue weighted by Gasteiger charge is 2.14. The zero-order valence-corrected chi connectivity index (χ0v) is 15.7. The number of hydrogen-bond acceptors (Lipinski definition) is 4. The minimum atomic E-state index is -3.62. The number of aromatic amines is 1. The number of amides is 1. The summed E-state index contributed by atoms with van der Waals surface area (Å²) in [5.74, 6) is 0.418. The molecule has 0 aliphatic carbocycles. The summed E-state index contributed by atoms with van der Waals surface area (Å²) in [5, 5.41) is 3.74. The fourth-order valence-electron chi connectivity index (χ4n) is 2.74. The van der Waals surface area contributed by atoms with E-state index in [9.17, 15) is 13.2 Å². The molecule has 142 valence electrons. The number of fused-ring (bicyclic) bond motifs is 1. The first kappa shape index (κ1) is 18.9. The van der Waals surface area contributed by atoms with Gasteiger partial charge in [0.25, 0.3) is 0 Å². The summed E-state index contributed by atoms with van der Waals surface area (Å²) < 4.78 is 31.9. The Kier molecular flexibility index (Phi) is 5.78. The van der Waals surface area contributed by atoms with Crippen molar-refractivity contribution in [1.82, 2.24) is 15.0 Å². The number of H-pyrrole nitrogens is 1. The topological polar surface area (TPSA) is 100 Å². The average Bonchev–Trinajstić information content (AvgIpc) is 3.08. The second-order valence-corrected chi connectivity index (χ2v) is 7.73. The van der Waals surface area contributed by atoms with Crippen LogP contribution in [0.25, 0.3) is 10.9 Å². The molecule has 0 spiro atoms. The second-order valence-electron chi connectivity index (χ2n) is 5.96. The van der Waals surface area contributed by atoms with Crippen molar-refractivity contribution in [2.24, 2.45) is 0 Å². The van der Waals surface area contributed by atoms with Gasteiger partial charge in [0.1, 0.15) is 5.75 Å². The molecule has 0 saturated carbocycles. The zero-order valence-electron chi connectivity index (χ0n) is 14.9. The SMILES string of the molecule is COc1ccc(S(=O)(=O)NCCNC(=O)Cc2c[nH]c3ccccc23)cc1. The Morgan fingerprint density at radius 2 is 1.81 bits per heavy atom. The van der Waals surface area contributed by atoms with Crippen molar-refractivity contribution in [2.75, 3.05) is 20.2 Å². The van der Waals surface area contributed by atoms with Gasteiger partial charge in [-0.2, -0.15) is 0 Å². The van der Waals surface area contributed by atoms with E-state index in [-0.39, 0.29) is 30.3 Å². The van der Waals surface area contributed by atoms with Crippen LogP contribution in [0.1, 0.15) is 5.56 Å². The number of methoxy groups -OCH3 is 1. The van der Waals surface area contributed by atoms with Crippen LogP contribution in [0.4, 0.5) is 0 Å². The Morgan fingerprint density at radius 3 is 2.56 bits per heavy atom. The Hall–Kier alpha value is -2.84. The van der Waals surface area contributed by atoms with Gasteiger partial charge in [0, 0.05) is 30.2 Å². The summed E-state index contributed by atoms with van der Waals surface area (Å²) in [7, 11) is -2.11. The van der Waals surface area contributed by atoms with Gasteiger partial charge in [-0.15, -0.1) is 0 Å². The van der Waals surface area contributed by atoms with Crippen LogP contribution in [0.2, 0.25) is 0 Å². The van der Waals surface area contributed by atoms with Crippen molar-refractivity contribution in [3.05, 3.63) is 60.3 Å². The number of hydrogen-bond donors (Lipinski definition) is 3. The molecule has 3 N–H and O–H groups in total. The average molecular weight is 387 g/mol. The quantitative estimate of drug-likeness (QED) is 0.513. The van der Waals surface area contributed by atoms with E-state index in [2.05, 4.69) is 15.0 Å². The number of rotatable bonds is 8. The van der Waals surface area contributed by atoms with Gasteiger partial charge >= 0.3 is 0 Å². The molecule has 7 nitrogen and oxygen atoms in total. The lowest BCUT2D eigenvalue weighted by atomic mass is 10.1. The molecule has 1 aromatic heterocycles. The van der Waals surface area contributed by atoms with E-state index in [4.69, 9.17) is 4.74 Å². The molecule has 0 aliphatic heterocycles. The third-order valence-electron chi connectivity index (χ3n) is 4.13. The number of carbonyl (C=O) groups is 1. The van der Waals surface area contributed by atoms with Crippen LogP contribution in [0.5, 0.6) is 5.75 Å². The highest BCUT2D eigenvalue weighted by Crippen LogP contribution is 2.18. The van der Waals surface area contributed by atoms with Gasteiger partial charge < -0.3 is 15.0 Å². The summed E-state index contributed by atoms with van der Waals surface area (Å²) in [4.78, 5) is 15.4. The molecule has 1 amide bonds. The molecule has 0 unspecified atom stereocenters. The van der Waals surface area contributed by atoms with Crippen LogP contribution in [0.3, 0.4) is 0 Å². The van der Waals surface area contributed by atoms with Crippen molar-refractivity contribution in [3.8, 4) is 5.75 Å². The molecule has 0 fully saturated rings. The Bertz CT molecular complexity index is 1030. The van der Waals surface area contributed by atoms with Crippen LogP contribution in [0.15, 0.2) is 59.6 Å². The van der Waals surface area contributed by atoms with E-state index in [1.807, 2.05) is 30.5 Å². The van der Waals surface area contributed by atoms with Crippen molar-refractivity contribution < 1.29 is 17.9 Å². The molecule has 3 rings (SSSR count). The highest BCUT2D eigenvalue weighted by molar-refractivity contribution is 7.89. The van der Waals surface area contributed by atoms with Crippen molar-refractivity contribution in [2.45, 2.75) is 11.3 Å². The third kappa shape index (κ3) is 4.66. The predicted molar refractivity (Wildman–Crippen MR) is 103 cm³/mol. The molecule has 1 heterocycles. The lowest BCUT2D eigenvalue weighted by Gasteiger charge is -2.08. The first-order valence-corrected chi connectivity index (χ1v) is 9.93. The number of benzene rings is 2. The van der Waals surface area contributed by atoms with Crippen LogP contribution in [-0.2, 0) is 21.2 Å². The fraction of sp³-hybridized carbons (Fsp3) is 0.211. The maximum Gasteiger partial charge on any atom is 0.240 e. The van der Waals surface area contributed by atoms with Crippen LogP contribution >= 0.6 is 0 Å². The summed E-state index contributed by atoms with van der Waals surface area (Å²) in [5.41, 5.74) is 1.88. The van der Waals surface area contributed by atoms with Gasteiger partial charge in [-0.25, -0.2) is 13.1 Å². The number of aromatic nitrogens is 1. The Labute approximate surface area is 157 Å². The normalized spacial score (nSPS) is 11.4. The van der Waals surface area contributed by atoms with Gasteiger partial charge in [0.05, 0.1) is 18.4 Å². The molecule has 2 aromatic carbocycles. The summed E-state index contributed by atoms with van der Waals surface area (Å²) in [6, 6.07) is 13.9. The standard InChI is InChI=1S/C19H21N3O4S/c1-26-15-6-8-16(9-7-15)27(24,25)22-11-10-20-19(23)12-14-13-21-18-5-3-2-4-17(14)18/h2-9,13,21-22H,10-12H2,1H3,(H,20,23). The van der Waals surface area contributed by atoms with E-state index in [0.717, 1.165) is 16.5 Å². The summed E-state index contributed by atoms with van der Waals surface area (Å²) >= 11 is 0. The zero-order chi connectivity index (χ0) is 19.3. The molecule has 0 bridgehead atoms. The van der Waals surface area contributed by atoms with E-state index in [0.29, 0.717) is 5.75 Å². The highest BCUT2D eigenvalue weighted by atomic mass is 32.2. The summed E-state index contributed by atoms with van der Waals surface area (Å²) in [6.45, 7) is 0.310. The molecule has 0 radical (unpaired) electrons. The molecule has 3 aromatic rings. The first-order chi connectivity index (χ1) is 13.0. The maximum atomic E-state index is 12.2. The minimum absolute atomic E-state index is 0.105. The minimum Gasteiger partial charge on any atom is -0.497 e. The second kappa shape index (κ2) is 8.24. The van der Waals surface area contributed by atoms with E-state index >= 15 is 0 Å².